The van der Waals surface area contributed by atoms with E-state index in [1.54, 1.807) is 19.2 Å². The van der Waals surface area contributed by atoms with E-state index < -0.39 is 0 Å². The average molecular weight is 427 g/mol. The number of rotatable bonds is 5. The molecule has 0 aliphatic heterocycles. The Bertz CT molecular complexity index is 644. The van der Waals surface area contributed by atoms with Crippen LogP contribution in [0.3, 0.4) is 0 Å². The molecule has 5 heteroatoms. The molecular formula is C18H23FIN3. The monoisotopic (exact) mass is 427 g/mol. The summed E-state index contributed by atoms with van der Waals surface area (Å²) >= 11 is 0. The van der Waals surface area contributed by atoms with E-state index in [1.165, 1.54) is 17.2 Å². The fourth-order valence-electron chi connectivity index (χ4n) is 2.23. The summed E-state index contributed by atoms with van der Waals surface area (Å²) in [6.07, 6.45) is 0.753. The van der Waals surface area contributed by atoms with Gasteiger partial charge in [-0.05, 0) is 42.2 Å². The second kappa shape index (κ2) is 10.2. The molecule has 124 valence electrons. The van der Waals surface area contributed by atoms with Gasteiger partial charge in [0.2, 0.25) is 0 Å². The fourth-order valence-corrected chi connectivity index (χ4v) is 2.23. The van der Waals surface area contributed by atoms with Crippen LogP contribution in [0, 0.1) is 12.7 Å². The Hall–Kier alpha value is -1.63. The maximum absolute atomic E-state index is 13.1. The predicted molar refractivity (Wildman–Crippen MR) is 105 cm³/mol. The van der Waals surface area contributed by atoms with E-state index in [-0.39, 0.29) is 29.8 Å². The van der Waals surface area contributed by atoms with Crippen molar-refractivity contribution in [1.82, 2.24) is 10.6 Å². The third-order valence-corrected chi connectivity index (χ3v) is 3.53. The number of hydrogen-bond acceptors (Lipinski definition) is 1. The van der Waals surface area contributed by atoms with Gasteiger partial charge in [0.15, 0.2) is 5.96 Å². The van der Waals surface area contributed by atoms with E-state index in [2.05, 4.69) is 34.7 Å². The molecule has 0 aliphatic carbocycles. The molecule has 3 nitrogen and oxygen atoms in total. The molecule has 2 aromatic rings. The van der Waals surface area contributed by atoms with Crippen LogP contribution in [0.5, 0.6) is 0 Å². The molecule has 0 saturated carbocycles. The quantitative estimate of drug-likeness (QED) is 0.434. The van der Waals surface area contributed by atoms with Crippen molar-refractivity contribution in [1.29, 1.82) is 0 Å². The van der Waals surface area contributed by atoms with Crippen molar-refractivity contribution < 1.29 is 4.39 Å². The van der Waals surface area contributed by atoms with Crippen LogP contribution in [0.1, 0.15) is 16.7 Å². The average Bonchev–Trinajstić information content (AvgIpc) is 2.52. The number of halogens is 2. The van der Waals surface area contributed by atoms with Crippen LogP contribution in [0.25, 0.3) is 0 Å². The summed E-state index contributed by atoms with van der Waals surface area (Å²) in [5, 5.41) is 6.53. The smallest absolute Gasteiger partial charge is 0.191 e. The molecule has 0 heterocycles. The molecule has 0 aromatic heterocycles. The Morgan fingerprint density at radius 1 is 1.09 bits per heavy atom. The first-order valence-corrected chi connectivity index (χ1v) is 7.42. The second-order valence-corrected chi connectivity index (χ2v) is 5.16. The summed E-state index contributed by atoms with van der Waals surface area (Å²) in [6.45, 7) is 3.53. The maximum atomic E-state index is 13.1. The first-order chi connectivity index (χ1) is 10.7. The summed E-state index contributed by atoms with van der Waals surface area (Å²) < 4.78 is 13.1. The molecule has 23 heavy (non-hydrogen) atoms. The number of aliphatic imine (C=N–C) groups is 1. The molecule has 0 bridgehead atoms. The van der Waals surface area contributed by atoms with Gasteiger partial charge in [-0.2, -0.15) is 0 Å². The van der Waals surface area contributed by atoms with Gasteiger partial charge in [-0.15, -0.1) is 24.0 Å². The molecular weight excluding hydrogens is 404 g/mol. The molecule has 0 amide bonds. The molecule has 0 spiro atoms. The van der Waals surface area contributed by atoms with Gasteiger partial charge in [-0.3, -0.25) is 4.99 Å². The van der Waals surface area contributed by atoms with Gasteiger partial charge < -0.3 is 10.6 Å². The summed E-state index contributed by atoms with van der Waals surface area (Å²) in [7, 11) is 1.75. The van der Waals surface area contributed by atoms with Crippen LogP contribution < -0.4 is 10.6 Å². The normalized spacial score (nSPS) is 10.8. The minimum absolute atomic E-state index is 0. The molecule has 0 unspecified atom stereocenters. The predicted octanol–water partition coefficient (Wildman–Crippen LogP) is 3.66. The largest absolute Gasteiger partial charge is 0.356 e. The van der Waals surface area contributed by atoms with E-state index in [9.17, 15) is 4.39 Å². The lowest BCUT2D eigenvalue weighted by Gasteiger charge is -2.13. The van der Waals surface area contributed by atoms with Crippen LogP contribution in [-0.4, -0.2) is 19.6 Å². The topological polar surface area (TPSA) is 36.4 Å². The van der Waals surface area contributed by atoms with Gasteiger partial charge in [-0.1, -0.05) is 36.4 Å². The lowest BCUT2D eigenvalue weighted by atomic mass is 10.1. The summed E-state index contributed by atoms with van der Waals surface area (Å²) in [5.74, 6) is 0.555. The maximum Gasteiger partial charge on any atom is 0.191 e. The lowest BCUT2D eigenvalue weighted by Crippen LogP contribution is -2.38. The van der Waals surface area contributed by atoms with Crippen molar-refractivity contribution in [3.05, 3.63) is 71.0 Å². The first kappa shape index (κ1) is 19.4. The van der Waals surface area contributed by atoms with Gasteiger partial charge in [0.25, 0.3) is 0 Å². The van der Waals surface area contributed by atoms with Crippen LogP contribution in [0.15, 0.2) is 53.5 Å². The molecule has 0 aliphatic rings. The molecule has 0 saturated heterocycles. The van der Waals surface area contributed by atoms with Gasteiger partial charge in [0.1, 0.15) is 5.82 Å². The minimum atomic E-state index is -0.195. The minimum Gasteiger partial charge on any atom is -0.356 e. The Balaban J connectivity index is 0.00000264. The number of aryl methyl sites for hydroxylation is 1. The first-order valence-electron chi connectivity index (χ1n) is 7.42. The Morgan fingerprint density at radius 3 is 2.57 bits per heavy atom. The summed E-state index contributed by atoms with van der Waals surface area (Å²) in [6, 6.07) is 14.9. The number of nitrogens with one attached hydrogen (secondary N) is 2. The van der Waals surface area contributed by atoms with Crippen molar-refractivity contribution in [3.8, 4) is 0 Å². The zero-order chi connectivity index (χ0) is 15.8. The standard InChI is InChI=1S/C18H22FN3.HI/c1-14-6-3-4-8-16(14)13-22-18(20-2)21-11-10-15-7-5-9-17(19)12-15;/h3-9,12H,10-11,13H2,1-2H3,(H2,20,21,22);1H. The van der Waals surface area contributed by atoms with Gasteiger partial charge in [0.05, 0.1) is 0 Å². The van der Waals surface area contributed by atoms with E-state index in [0.717, 1.165) is 24.5 Å². The van der Waals surface area contributed by atoms with Crippen LogP contribution >= 0.6 is 24.0 Å². The lowest BCUT2D eigenvalue weighted by molar-refractivity contribution is 0.625. The van der Waals surface area contributed by atoms with Crippen molar-refractivity contribution >= 4 is 29.9 Å². The highest BCUT2D eigenvalue weighted by Crippen LogP contribution is 2.06. The molecule has 2 rings (SSSR count). The van der Waals surface area contributed by atoms with Gasteiger partial charge in [0, 0.05) is 20.1 Å². The number of hydrogen-bond donors (Lipinski definition) is 2. The highest BCUT2D eigenvalue weighted by molar-refractivity contribution is 14.0. The Labute approximate surface area is 154 Å². The van der Waals surface area contributed by atoms with Crippen molar-refractivity contribution in [3.63, 3.8) is 0 Å². The molecule has 2 N–H and O–H groups in total. The highest BCUT2D eigenvalue weighted by Gasteiger charge is 2.01. The summed E-state index contributed by atoms with van der Waals surface area (Å²) in [4.78, 5) is 4.20. The fraction of sp³-hybridized carbons (Fsp3) is 0.278. The van der Waals surface area contributed by atoms with E-state index in [4.69, 9.17) is 0 Å². The highest BCUT2D eigenvalue weighted by atomic mass is 127. The number of nitrogens with zero attached hydrogens (tertiary/aromatic N) is 1. The van der Waals surface area contributed by atoms with E-state index in [1.807, 2.05) is 18.2 Å². The van der Waals surface area contributed by atoms with E-state index in [0.29, 0.717) is 6.54 Å². The SMILES string of the molecule is CN=C(NCCc1cccc(F)c1)NCc1ccccc1C.I. The second-order valence-electron chi connectivity index (χ2n) is 5.16. The molecule has 0 fully saturated rings. The number of benzene rings is 2. The van der Waals surface area contributed by atoms with Crippen molar-refractivity contribution in [2.75, 3.05) is 13.6 Å². The third kappa shape index (κ3) is 6.56. The van der Waals surface area contributed by atoms with Gasteiger partial charge in [-0.25, -0.2) is 4.39 Å². The van der Waals surface area contributed by atoms with Crippen molar-refractivity contribution in [2.45, 2.75) is 19.9 Å². The van der Waals surface area contributed by atoms with Crippen LogP contribution in [-0.2, 0) is 13.0 Å². The Morgan fingerprint density at radius 2 is 1.87 bits per heavy atom. The zero-order valence-corrected chi connectivity index (χ0v) is 15.8. The third-order valence-electron chi connectivity index (χ3n) is 3.53. The molecule has 2 aromatic carbocycles. The summed E-state index contributed by atoms with van der Waals surface area (Å²) in [5.41, 5.74) is 3.47. The van der Waals surface area contributed by atoms with Crippen molar-refractivity contribution in [2.24, 2.45) is 4.99 Å². The number of guanidine groups is 1. The van der Waals surface area contributed by atoms with Crippen LogP contribution in [0.2, 0.25) is 0 Å². The van der Waals surface area contributed by atoms with Crippen LogP contribution in [0.4, 0.5) is 4.39 Å². The zero-order valence-electron chi connectivity index (χ0n) is 13.5. The molecule has 0 atom stereocenters. The molecule has 0 radical (unpaired) electrons. The van der Waals surface area contributed by atoms with Gasteiger partial charge >= 0.3 is 0 Å². The Kier molecular flexibility index (Phi) is 8.61. The van der Waals surface area contributed by atoms with E-state index >= 15 is 0 Å².